The van der Waals surface area contributed by atoms with E-state index in [-0.39, 0.29) is 0 Å². The van der Waals surface area contributed by atoms with Gasteiger partial charge in [0.05, 0.1) is 4.90 Å². The molecule has 0 aliphatic heterocycles. The summed E-state index contributed by atoms with van der Waals surface area (Å²) in [5.41, 5.74) is 0. The molecule has 1 nitrogen and oxygen atoms in total. The summed E-state index contributed by atoms with van der Waals surface area (Å²) in [6.45, 7) is 0. The quantitative estimate of drug-likeness (QED) is 0.796. The van der Waals surface area contributed by atoms with E-state index in [1.54, 1.807) is 23.5 Å². The van der Waals surface area contributed by atoms with Crippen LogP contribution in [0, 0.1) is 0 Å². The maximum Gasteiger partial charge on any atom is 0.138 e. The number of thioether (sulfide) groups is 2. The Morgan fingerprint density at radius 2 is 1.80 bits per heavy atom. The van der Waals surface area contributed by atoms with E-state index in [0.717, 1.165) is 20.6 Å². The number of rotatable bonds is 2. The highest BCUT2D eigenvalue weighted by molar-refractivity contribution is 8.01. The second kappa shape index (κ2) is 4.37. The fourth-order valence-electron chi connectivity index (χ4n) is 1.63. The van der Waals surface area contributed by atoms with Crippen molar-refractivity contribution in [1.82, 2.24) is 0 Å². The number of hydrogen-bond donors (Lipinski definition) is 1. The second-order valence-electron chi connectivity index (χ2n) is 3.18. The number of phenols is 1. The van der Waals surface area contributed by atoms with E-state index >= 15 is 0 Å². The van der Waals surface area contributed by atoms with Crippen LogP contribution in [0.1, 0.15) is 0 Å². The van der Waals surface area contributed by atoms with E-state index in [0.29, 0.717) is 5.75 Å². The van der Waals surface area contributed by atoms with E-state index < -0.39 is 0 Å². The number of hydrogen-bond acceptors (Lipinski definition) is 3. The first-order valence-electron chi connectivity index (χ1n) is 4.60. The number of fused-ring (bicyclic) bond motifs is 1. The van der Waals surface area contributed by atoms with Crippen LogP contribution in [0.3, 0.4) is 0 Å². The van der Waals surface area contributed by atoms with Gasteiger partial charge >= 0.3 is 0 Å². The van der Waals surface area contributed by atoms with Crippen molar-refractivity contribution in [3.8, 4) is 5.75 Å². The van der Waals surface area contributed by atoms with Gasteiger partial charge < -0.3 is 5.11 Å². The largest absolute Gasteiger partial charge is 0.506 e. The fourth-order valence-corrected chi connectivity index (χ4v) is 3.22. The fraction of sp³-hybridized carbons (Fsp3) is 0.167. The highest BCUT2D eigenvalue weighted by Crippen LogP contribution is 2.40. The molecule has 0 amide bonds. The molecule has 0 aromatic heterocycles. The molecule has 78 valence electrons. The van der Waals surface area contributed by atoms with E-state index in [4.69, 9.17) is 0 Å². The zero-order valence-corrected chi connectivity index (χ0v) is 10.3. The molecule has 0 heterocycles. The SMILES string of the molecule is CSc1cc2ccccc2c(O)c1SC. The van der Waals surface area contributed by atoms with E-state index in [9.17, 15) is 5.11 Å². The van der Waals surface area contributed by atoms with Crippen LogP contribution in [0.4, 0.5) is 0 Å². The second-order valence-corrected chi connectivity index (χ2v) is 4.85. The lowest BCUT2D eigenvalue weighted by Gasteiger charge is -2.10. The minimum atomic E-state index is 0.407. The Morgan fingerprint density at radius 3 is 2.47 bits per heavy atom. The van der Waals surface area contributed by atoms with Gasteiger partial charge in [-0.3, -0.25) is 0 Å². The van der Waals surface area contributed by atoms with Crippen molar-refractivity contribution in [3.63, 3.8) is 0 Å². The van der Waals surface area contributed by atoms with Gasteiger partial charge in [0.25, 0.3) is 0 Å². The Bertz CT molecular complexity index is 494. The molecule has 0 radical (unpaired) electrons. The summed E-state index contributed by atoms with van der Waals surface area (Å²) in [7, 11) is 0. The zero-order valence-electron chi connectivity index (χ0n) is 8.65. The van der Waals surface area contributed by atoms with Crippen LogP contribution in [-0.2, 0) is 0 Å². The Labute approximate surface area is 97.9 Å². The molecule has 0 saturated carbocycles. The monoisotopic (exact) mass is 236 g/mol. The molecule has 0 saturated heterocycles. The third-order valence-corrected chi connectivity index (χ3v) is 4.08. The molecule has 0 bridgehead atoms. The number of aromatic hydroxyl groups is 1. The molecule has 2 aromatic carbocycles. The van der Waals surface area contributed by atoms with Gasteiger partial charge in [-0.2, -0.15) is 0 Å². The number of phenolic OH excluding ortho intramolecular Hbond substituents is 1. The summed E-state index contributed by atoms with van der Waals surface area (Å²) in [5, 5.41) is 12.2. The molecule has 0 unspecified atom stereocenters. The van der Waals surface area contributed by atoms with Gasteiger partial charge in [-0.05, 0) is 24.0 Å². The summed E-state index contributed by atoms with van der Waals surface area (Å²) >= 11 is 3.26. The molecule has 0 fully saturated rings. The molecule has 0 spiro atoms. The Balaban J connectivity index is 2.81. The molecular weight excluding hydrogens is 224 g/mol. The summed E-state index contributed by atoms with van der Waals surface area (Å²) in [4.78, 5) is 2.11. The predicted octanol–water partition coefficient (Wildman–Crippen LogP) is 3.99. The Hall–Kier alpha value is -0.800. The highest BCUT2D eigenvalue weighted by Gasteiger charge is 2.10. The van der Waals surface area contributed by atoms with Crippen LogP contribution in [0.5, 0.6) is 5.75 Å². The van der Waals surface area contributed by atoms with Crippen molar-refractivity contribution >= 4 is 34.3 Å². The summed E-state index contributed by atoms with van der Waals surface area (Å²) in [6, 6.07) is 10.1. The molecule has 0 aliphatic carbocycles. The van der Waals surface area contributed by atoms with Crippen LogP contribution >= 0.6 is 23.5 Å². The minimum Gasteiger partial charge on any atom is -0.506 e. The topological polar surface area (TPSA) is 20.2 Å². The van der Waals surface area contributed by atoms with Gasteiger partial charge in [0.2, 0.25) is 0 Å². The van der Waals surface area contributed by atoms with Crippen LogP contribution in [-0.4, -0.2) is 17.6 Å². The average molecular weight is 236 g/mol. The maximum absolute atomic E-state index is 10.1. The molecule has 3 heteroatoms. The molecule has 0 atom stereocenters. The van der Waals surface area contributed by atoms with Crippen LogP contribution < -0.4 is 0 Å². The van der Waals surface area contributed by atoms with Gasteiger partial charge in [-0.15, -0.1) is 23.5 Å². The van der Waals surface area contributed by atoms with E-state index in [2.05, 4.69) is 6.07 Å². The highest BCUT2D eigenvalue weighted by atomic mass is 32.2. The molecule has 0 aliphatic rings. The van der Waals surface area contributed by atoms with Gasteiger partial charge in [0.15, 0.2) is 0 Å². The van der Waals surface area contributed by atoms with Crippen molar-refractivity contribution in [2.24, 2.45) is 0 Å². The first kappa shape index (κ1) is 10.7. The Kier molecular flexibility index (Phi) is 3.12. The normalized spacial score (nSPS) is 10.8. The molecule has 15 heavy (non-hydrogen) atoms. The lowest BCUT2D eigenvalue weighted by atomic mass is 10.1. The van der Waals surface area contributed by atoms with Crippen molar-refractivity contribution in [1.29, 1.82) is 0 Å². The maximum atomic E-state index is 10.1. The van der Waals surface area contributed by atoms with Crippen molar-refractivity contribution in [2.45, 2.75) is 9.79 Å². The molecular formula is C12H12OS2. The molecule has 2 aromatic rings. The van der Waals surface area contributed by atoms with Gasteiger partial charge in [-0.25, -0.2) is 0 Å². The van der Waals surface area contributed by atoms with E-state index in [1.807, 2.05) is 36.8 Å². The predicted molar refractivity (Wildman–Crippen MR) is 69.2 cm³/mol. The summed E-state index contributed by atoms with van der Waals surface area (Å²) in [5.74, 6) is 0.407. The summed E-state index contributed by atoms with van der Waals surface area (Å²) < 4.78 is 0. The first-order valence-corrected chi connectivity index (χ1v) is 7.05. The molecule has 2 rings (SSSR count). The lowest BCUT2D eigenvalue weighted by molar-refractivity contribution is 0.466. The van der Waals surface area contributed by atoms with Crippen LogP contribution in [0.25, 0.3) is 10.8 Å². The van der Waals surface area contributed by atoms with E-state index in [1.165, 1.54) is 0 Å². The van der Waals surface area contributed by atoms with Crippen molar-refractivity contribution in [3.05, 3.63) is 30.3 Å². The lowest BCUT2D eigenvalue weighted by Crippen LogP contribution is -1.82. The van der Waals surface area contributed by atoms with Crippen molar-refractivity contribution in [2.75, 3.05) is 12.5 Å². The smallest absolute Gasteiger partial charge is 0.138 e. The van der Waals surface area contributed by atoms with Crippen LogP contribution in [0.15, 0.2) is 40.1 Å². The third kappa shape index (κ3) is 1.82. The average Bonchev–Trinajstić information content (AvgIpc) is 2.29. The molecule has 1 N–H and O–H groups in total. The van der Waals surface area contributed by atoms with Crippen molar-refractivity contribution < 1.29 is 5.11 Å². The minimum absolute atomic E-state index is 0.407. The van der Waals surface area contributed by atoms with Crippen LogP contribution in [0.2, 0.25) is 0 Å². The number of benzene rings is 2. The van der Waals surface area contributed by atoms with Gasteiger partial charge in [-0.1, -0.05) is 24.3 Å². The Morgan fingerprint density at radius 1 is 1.07 bits per heavy atom. The first-order chi connectivity index (χ1) is 7.27. The third-order valence-electron chi connectivity index (χ3n) is 2.37. The zero-order chi connectivity index (χ0) is 10.8. The van der Waals surface area contributed by atoms with Gasteiger partial charge in [0, 0.05) is 10.3 Å². The van der Waals surface area contributed by atoms with Gasteiger partial charge in [0.1, 0.15) is 5.75 Å². The summed E-state index contributed by atoms with van der Waals surface area (Å²) in [6.07, 6.45) is 4.02. The standard InChI is InChI=1S/C12H12OS2/c1-14-10-7-8-5-3-4-6-9(8)11(13)12(10)15-2/h3-7,13H,1-2H3.